The van der Waals surface area contributed by atoms with Gasteiger partial charge in [0.15, 0.2) is 0 Å². The first kappa shape index (κ1) is 38.0. The lowest BCUT2D eigenvalue weighted by atomic mass is 10.1. The summed E-state index contributed by atoms with van der Waals surface area (Å²) in [4.78, 5) is 27.7. The normalized spacial score (nSPS) is 13.5. The van der Waals surface area contributed by atoms with E-state index in [-0.39, 0.29) is 40.3 Å². The van der Waals surface area contributed by atoms with E-state index in [0.29, 0.717) is 34.7 Å². The van der Waals surface area contributed by atoms with Gasteiger partial charge in [-0.1, -0.05) is 37.2 Å². The monoisotopic (exact) mass is 833 g/mol. The zero-order valence-corrected chi connectivity index (χ0v) is 36.4. The molecule has 0 aliphatic carbocycles. The van der Waals surface area contributed by atoms with Gasteiger partial charge in [-0.3, -0.25) is 9.48 Å². The molecule has 1 aliphatic rings. The molecule has 0 spiro atoms. The van der Waals surface area contributed by atoms with E-state index < -0.39 is 0 Å². The number of hydrogen-bond acceptors (Lipinski definition) is 6. The molecule has 0 radical (unpaired) electrons. The first-order valence-electron chi connectivity index (χ1n) is 12.7. The Hall–Kier alpha value is 1.24. The number of anilines is 3. The molecule has 4 heterocycles. The first-order valence-corrected chi connectivity index (χ1v) is 32.7. The molecule has 5 rings (SSSR count). The summed E-state index contributed by atoms with van der Waals surface area (Å²) in [6.45, 7) is 1.32. The Morgan fingerprint density at radius 1 is 1.05 bits per heavy atom. The number of carbonyl (C=O) groups excluding carboxylic acids is 1. The third-order valence-electron chi connectivity index (χ3n) is 6.25. The highest BCUT2D eigenvalue weighted by Gasteiger charge is 2.28. The van der Waals surface area contributed by atoms with Crippen LogP contribution in [0, 0.1) is 0 Å². The number of pyridine rings is 1. The highest BCUT2D eigenvalue weighted by Crippen LogP contribution is 3.12. The van der Waals surface area contributed by atoms with E-state index in [1.54, 1.807) is 40.3 Å². The van der Waals surface area contributed by atoms with Crippen LogP contribution in [-0.2, 0) is 24.7 Å². The van der Waals surface area contributed by atoms with Crippen LogP contribution < -0.4 is 10.2 Å². The molecule has 1 amide bonds. The average molecular weight is 834 g/mol. The Morgan fingerprint density at radius 2 is 1.80 bits per heavy atom. The first-order chi connectivity index (χ1) is 21.0. The largest absolute Gasteiger partial charge is 0.310 e. The van der Waals surface area contributed by atoms with Crippen LogP contribution in [-0.4, -0.2) is 37.2 Å². The molecular weight excluding hydrogens is 802 g/mol. The Bertz CT molecular complexity index is 1590. The van der Waals surface area contributed by atoms with Gasteiger partial charge in [0.1, 0.15) is 11.0 Å². The fourth-order valence-electron chi connectivity index (χ4n) is 4.28. The molecule has 0 bridgehead atoms. The topological polar surface area (TPSA) is 88.8 Å². The molecule has 44 heavy (non-hydrogen) atoms. The van der Waals surface area contributed by atoms with Crippen molar-refractivity contribution in [1.29, 1.82) is 0 Å². The molecule has 8 atom stereocenters. The molecule has 21 heteroatoms. The van der Waals surface area contributed by atoms with Crippen molar-refractivity contribution in [1.82, 2.24) is 24.7 Å². The summed E-state index contributed by atoms with van der Waals surface area (Å²) in [6.07, 6.45) is 5.86. The maximum absolute atomic E-state index is 13.0. The number of hydrogen-bond donors (Lipinski definition) is 1. The van der Waals surface area contributed by atoms with Crippen molar-refractivity contribution in [3.63, 3.8) is 0 Å². The van der Waals surface area contributed by atoms with Crippen molar-refractivity contribution in [2.75, 3.05) is 16.8 Å². The minimum atomic E-state index is -0.0667. The van der Waals surface area contributed by atoms with Gasteiger partial charge < -0.3 is 10.2 Å². The van der Waals surface area contributed by atoms with Gasteiger partial charge in [0.25, 0.3) is 0 Å². The lowest BCUT2D eigenvalue weighted by Crippen LogP contribution is -2.30. The number of halogens is 2. The summed E-state index contributed by atoms with van der Waals surface area (Å²) in [5.74, 6) is 1.17. The number of rotatable bonds is 9. The second-order valence-electron chi connectivity index (χ2n) is 9.12. The van der Waals surface area contributed by atoms with E-state index >= 15 is 0 Å². The van der Waals surface area contributed by atoms with Gasteiger partial charge >= 0.3 is 0 Å². The van der Waals surface area contributed by atoms with Crippen LogP contribution in [0.2, 0.25) is 10.2 Å². The molecule has 234 valence electrons. The number of benzene rings is 1. The average Bonchev–Trinajstić information content (AvgIpc) is 3.60. The fraction of sp³-hybridized carbons (Fsp3) is 0.174. The summed E-state index contributed by atoms with van der Waals surface area (Å²) >= 11 is 12.8. The summed E-state index contributed by atoms with van der Waals surface area (Å²) < 4.78 is 1.70. The zero-order chi connectivity index (χ0) is 32.0. The molecule has 3 aromatic heterocycles. The molecule has 0 saturated heterocycles. The third-order valence-corrected chi connectivity index (χ3v) is 65.9. The Balaban J connectivity index is 0.000000345. The minimum absolute atomic E-state index is 0.0667. The predicted molar refractivity (Wildman–Crippen MR) is 222 cm³/mol. The fourth-order valence-corrected chi connectivity index (χ4v) is 100. The molecule has 1 aromatic carbocycles. The predicted octanol–water partition coefficient (Wildman–Crippen LogP) is 10.4. The van der Waals surface area contributed by atoms with Crippen molar-refractivity contribution in [3.05, 3.63) is 76.3 Å². The van der Waals surface area contributed by atoms with Crippen LogP contribution in [0.15, 0.2) is 55.0 Å². The number of fused-ring (bicyclic) bond motifs is 1. The Morgan fingerprint density at radius 3 is 2.41 bits per heavy atom. The van der Waals surface area contributed by atoms with E-state index in [9.17, 15) is 4.79 Å². The van der Waals surface area contributed by atoms with Crippen molar-refractivity contribution in [2.24, 2.45) is 7.05 Å². The number of aromatic nitrogens is 5. The molecule has 0 saturated carbocycles. The van der Waals surface area contributed by atoms with Gasteiger partial charge in [-0.15, -0.1) is 53.6 Å². The molecule has 1 aliphatic heterocycles. The SMILES string of the molecule is Cn1nccc1Nc1nccc(-c2cc(Cl)c3c(c2)CCN3C(=O)Cc2cccnc2Cl)n1.PPP(P)P(P(P)P)P(P)P. The maximum Gasteiger partial charge on any atom is 0.231 e. The summed E-state index contributed by atoms with van der Waals surface area (Å²) in [7, 11) is 20.8. The number of amides is 1. The number of carbonyl (C=O) groups is 1. The standard InChI is InChI=1S/C23H19Cl2N7O.H13P11/c1-31-19(5-9-28-31)30-23-27-8-4-18(29-23)16-11-14-6-10-32(21(14)17(24)12-16)20(33)13-15-3-2-7-26-22(15)25;1-7-10(6)11(8(2)3)9(4)5/h2-5,7-9,11-12H,6,10,13H2,1H3,(H,27,29,30);7H,1-6H2. The Kier molecular flexibility index (Phi) is 15.8. The van der Waals surface area contributed by atoms with Crippen LogP contribution >= 0.6 is 113 Å². The maximum atomic E-state index is 13.0. The summed E-state index contributed by atoms with van der Waals surface area (Å²) in [5.41, 5.74) is 4.03. The zero-order valence-electron chi connectivity index (χ0n) is 23.4. The van der Waals surface area contributed by atoms with Crippen molar-refractivity contribution < 1.29 is 4.79 Å². The van der Waals surface area contributed by atoms with Crippen molar-refractivity contribution in [3.8, 4) is 11.3 Å². The van der Waals surface area contributed by atoms with Gasteiger partial charge in [-0.25, -0.2) is 15.0 Å². The van der Waals surface area contributed by atoms with Crippen LogP contribution in [0.3, 0.4) is 0 Å². The van der Waals surface area contributed by atoms with Gasteiger partial charge in [0.05, 0.1) is 29.0 Å². The highest BCUT2D eigenvalue weighted by atomic mass is 35.5. The second-order valence-corrected chi connectivity index (χ2v) is 48.9. The van der Waals surface area contributed by atoms with Crippen molar-refractivity contribution in [2.45, 2.75) is 12.8 Å². The van der Waals surface area contributed by atoms with Gasteiger partial charge in [0, 0.05) is 37.6 Å². The van der Waals surface area contributed by atoms with Gasteiger partial charge in [-0.2, -0.15) is 5.10 Å². The van der Waals surface area contributed by atoms with Crippen LogP contribution in [0.1, 0.15) is 11.1 Å². The highest BCUT2D eigenvalue weighted by molar-refractivity contribution is 9.18. The lowest BCUT2D eigenvalue weighted by Gasteiger charge is -2.29. The van der Waals surface area contributed by atoms with Gasteiger partial charge in [-0.05, 0) is 69.8 Å². The smallest absolute Gasteiger partial charge is 0.231 e. The summed E-state index contributed by atoms with van der Waals surface area (Å²) in [6, 6.07) is 11.1. The molecule has 8 unspecified atom stereocenters. The summed E-state index contributed by atoms with van der Waals surface area (Å²) in [5, 5.41) is 8.13. The number of nitrogens with zero attached hydrogens (tertiary/aromatic N) is 6. The van der Waals surface area contributed by atoms with E-state index in [2.05, 4.69) is 78.9 Å². The van der Waals surface area contributed by atoms with Crippen LogP contribution in [0.5, 0.6) is 0 Å². The Labute approximate surface area is 288 Å². The molecular formula is C23H32Cl2N7OP11. The van der Waals surface area contributed by atoms with E-state index in [0.717, 1.165) is 36.3 Å². The van der Waals surface area contributed by atoms with E-state index in [4.69, 9.17) is 23.2 Å². The molecule has 8 nitrogen and oxygen atoms in total. The van der Waals surface area contributed by atoms with E-state index in [1.807, 2.05) is 31.3 Å². The van der Waals surface area contributed by atoms with Crippen molar-refractivity contribution >= 4 is 136 Å². The molecule has 4 aromatic rings. The number of aryl methyl sites for hydroxylation is 1. The van der Waals surface area contributed by atoms with Crippen LogP contribution in [0.25, 0.3) is 11.3 Å². The third kappa shape index (κ3) is 10.1. The van der Waals surface area contributed by atoms with Gasteiger partial charge in [0.2, 0.25) is 11.9 Å². The minimum Gasteiger partial charge on any atom is -0.310 e. The number of nitrogens with one attached hydrogen (secondary N) is 1. The van der Waals surface area contributed by atoms with E-state index in [1.165, 1.54) is 0 Å². The quantitative estimate of drug-likeness (QED) is 0.133. The molecule has 1 N–H and O–H groups in total. The lowest BCUT2D eigenvalue weighted by molar-refractivity contribution is -0.117. The van der Waals surface area contributed by atoms with Crippen LogP contribution in [0.4, 0.5) is 17.5 Å². The second kappa shape index (κ2) is 18.3. The molecule has 0 fully saturated rings.